The summed E-state index contributed by atoms with van der Waals surface area (Å²) in [5, 5.41) is 12.2. The number of nitrogens with zero attached hydrogens (tertiary/aromatic N) is 1. The number of rotatable bonds is 6. The van der Waals surface area contributed by atoms with Crippen molar-refractivity contribution in [3.05, 3.63) is 59.7 Å². The van der Waals surface area contributed by atoms with Gasteiger partial charge in [-0.15, -0.1) is 0 Å². The van der Waals surface area contributed by atoms with E-state index < -0.39 is 17.5 Å². The van der Waals surface area contributed by atoms with Gasteiger partial charge < -0.3 is 20.1 Å². The SMILES string of the molecule is CC1(C(=O)O)CN(C(=O)CC2CCC(NC(=O)OCC3c4ccccc4-c4ccccc43)C2)C1. The van der Waals surface area contributed by atoms with Crippen LogP contribution >= 0.6 is 0 Å². The summed E-state index contributed by atoms with van der Waals surface area (Å²) in [6.45, 7) is 2.50. The van der Waals surface area contributed by atoms with Crippen molar-refractivity contribution in [2.45, 2.75) is 44.6 Å². The molecule has 34 heavy (non-hydrogen) atoms. The molecule has 1 aliphatic heterocycles. The number of benzene rings is 2. The van der Waals surface area contributed by atoms with Gasteiger partial charge in [0, 0.05) is 31.5 Å². The predicted molar refractivity (Wildman–Crippen MR) is 126 cm³/mol. The second-order valence-corrected chi connectivity index (χ2v) is 10.2. The summed E-state index contributed by atoms with van der Waals surface area (Å²) in [4.78, 5) is 37.9. The first kappa shape index (κ1) is 22.4. The first-order valence-electron chi connectivity index (χ1n) is 12.0. The third kappa shape index (κ3) is 4.15. The second-order valence-electron chi connectivity index (χ2n) is 10.2. The van der Waals surface area contributed by atoms with E-state index in [2.05, 4.69) is 29.6 Å². The molecule has 7 nitrogen and oxygen atoms in total. The van der Waals surface area contributed by atoms with E-state index in [1.165, 1.54) is 22.3 Å². The molecule has 0 spiro atoms. The van der Waals surface area contributed by atoms with Crippen molar-refractivity contribution in [3.63, 3.8) is 0 Å². The fourth-order valence-corrected chi connectivity index (χ4v) is 5.68. The van der Waals surface area contributed by atoms with Gasteiger partial charge in [0.25, 0.3) is 0 Å². The minimum absolute atomic E-state index is 0.00511. The lowest BCUT2D eigenvalue weighted by atomic mass is 9.81. The minimum Gasteiger partial charge on any atom is -0.481 e. The summed E-state index contributed by atoms with van der Waals surface area (Å²) < 4.78 is 5.65. The lowest BCUT2D eigenvalue weighted by Crippen LogP contribution is -2.60. The van der Waals surface area contributed by atoms with Crippen LogP contribution in [0.1, 0.15) is 49.7 Å². The lowest BCUT2D eigenvalue weighted by molar-refractivity contribution is -0.164. The Morgan fingerprint density at radius 1 is 1.03 bits per heavy atom. The van der Waals surface area contributed by atoms with Crippen molar-refractivity contribution in [3.8, 4) is 11.1 Å². The molecule has 2 amide bonds. The van der Waals surface area contributed by atoms with Gasteiger partial charge in [0.2, 0.25) is 5.91 Å². The maximum atomic E-state index is 12.5. The number of alkyl carbamates (subject to hydrolysis) is 1. The van der Waals surface area contributed by atoms with E-state index in [-0.39, 0.29) is 43.5 Å². The number of aliphatic carboxylic acids is 1. The highest BCUT2D eigenvalue weighted by Crippen LogP contribution is 2.44. The number of carbonyl (C=O) groups is 3. The van der Waals surface area contributed by atoms with Crippen molar-refractivity contribution in [1.29, 1.82) is 0 Å². The van der Waals surface area contributed by atoms with Crippen LogP contribution in [0, 0.1) is 11.3 Å². The summed E-state index contributed by atoms with van der Waals surface area (Å²) in [6, 6.07) is 16.5. The quantitative estimate of drug-likeness (QED) is 0.676. The molecule has 0 aromatic heterocycles. The fourth-order valence-electron chi connectivity index (χ4n) is 5.68. The molecule has 2 fully saturated rings. The Morgan fingerprint density at radius 2 is 1.65 bits per heavy atom. The van der Waals surface area contributed by atoms with Crippen LogP contribution in [0.25, 0.3) is 11.1 Å². The zero-order valence-corrected chi connectivity index (χ0v) is 19.3. The van der Waals surface area contributed by atoms with Gasteiger partial charge in [0.1, 0.15) is 6.61 Å². The monoisotopic (exact) mass is 462 g/mol. The first-order valence-corrected chi connectivity index (χ1v) is 12.0. The van der Waals surface area contributed by atoms with Crippen molar-refractivity contribution < 1.29 is 24.2 Å². The Morgan fingerprint density at radius 3 is 2.26 bits per heavy atom. The molecule has 5 rings (SSSR count). The highest BCUT2D eigenvalue weighted by molar-refractivity contribution is 5.83. The van der Waals surface area contributed by atoms with Crippen molar-refractivity contribution in [1.82, 2.24) is 10.2 Å². The van der Waals surface area contributed by atoms with Gasteiger partial charge in [0.15, 0.2) is 0 Å². The van der Waals surface area contributed by atoms with Crippen LogP contribution in [0.4, 0.5) is 4.79 Å². The minimum atomic E-state index is -0.857. The molecule has 3 aliphatic rings. The Bertz CT molecular complexity index is 1080. The van der Waals surface area contributed by atoms with E-state index in [9.17, 15) is 19.5 Å². The number of ether oxygens (including phenoxy) is 1. The number of carboxylic acids is 1. The van der Waals surface area contributed by atoms with Gasteiger partial charge in [0.05, 0.1) is 5.41 Å². The molecule has 2 aromatic rings. The summed E-state index contributed by atoms with van der Waals surface area (Å²) in [5.74, 6) is -0.626. The Hall–Kier alpha value is -3.35. The van der Waals surface area contributed by atoms with Crippen molar-refractivity contribution >= 4 is 18.0 Å². The average molecular weight is 463 g/mol. The molecule has 1 saturated heterocycles. The van der Waals surface area contributed by atoms with Crippen LogP contribution in [0.3, 0.4) is 0 Å². The topological polar surface area (TPSA) is 95.9 Å². The van der Waals surface area contributed by atoms with Crippen LogP contribution in [0.2, 0.25) is 0 Å². The molecule has 7 heteroatoms. The van der Waals surface area contributed by atoms with Gasteiger partial charge in [-0.25, -0.2) is 4.79 Å². The van der Waals surface area contributed by atoms with Crippen molar-refractivity contribution in [2.75, 3.05) is 19.7 Å². The standard InChI is InChI=1S/C27H30N2O5/c1-27(25(31)32)15-29(16-27)24(30)13-17-10-11-18(12-17)28-26(33)34-14-23-21-8-4-2-6-19(21)20-7-3-5-9-22(20)23/h2-9,17-18,23H,10-16H2,1H3,(H,28,33)(H,31,32). The van der Waals surface area contributed by atoms with Crippen LogP contribution in [-0.4, -0.2) is 53.7 Å². The molecular weight excluding hydrogens is 432 g/mol. The third-order valence-corrected chi connectivity index (χ3v) is 7.62. The Balaban J connectivity index is 1.09. The molecule has 2 aliphatic carbocycles. The Labute approximate surface area is 199 Å². The number of amides is 2. The lowest BCUT2D eigenvalue weighted by Gasteiger charge is -2.45. The number of hydrogen-bond donors (Lipinski definition) is 2. The number of likely N-dealkylation sites (tertiary alicyclic amines) is 1. The van der Waals surface area contributed by atoms with Gasteiger partial charge in [-0.05, 0) is 54.4 Å². The summed E-state index contributed by atoms with van der Waals surface area (Å²) in [6.07, 6.45) is 2.40. The summed E-state index contributed by atoms with van der Waals surface area (Å²) >= 11 is 0. The van der Waals surface area contributed by atoms with E-state index in [0.717, 1.165) is 19.3 Å². The number of hydrogen-bond acceptors (Lipinski definition) is 4. The van der Waals surface area contributed by atoms with Gasteiger partial charge in [-0.2, -0.15) is 0 Å². The molecule has 2 unspecified atom stereocenters. The van der Waals surface area contributed by atoms with E-state index >= 15 is 0 Å². The maximum absolute atomic E-state index is 12.5. The molecule has 1 saturated carbocycles. The summed E-state index contributed by atoms with van der Waals surface area (Å²) in [7, 11) is 0. The number of carboxylic acid groups (broad SMARTS) is 1. The largest absolute Gasteiger partial charge is 0.481 e. The maximum Gasteiger partial charge on any atom is 0.407 e. The number of fused-ring (bicyclic) bond motifs is 3. The van der Waals surface area contributed by atoms with E-state index in [4.69, 9.17) is 4.74 Å². The molecule has 2 N–H and O–H groups in total. The van der Waals surface area contributed by atoms with Gasteiger partial charge >= 0.3 is 12.1 Å². The first-order chi connectivity index (χ1) is 16.3. The molecule has 1 heterocycles. The van der Waals surface area contributed by atoms with Gasteiger partial charge in [-0.1, -0.05) is 48.5 Å². The van der Waals surface area contributed by atoms with Crippen LogP contribution < -0.4 is 5.32 Å². The molecule has 0 radical (unpaired) electrons. The third-order valence-electron chi connectivity index (χ3n) is 7.62. The van der Waals surface area contributed by atoms with Crippen LogP contribution in [-0.2, 0) is 14.3 Å². The average Bonchev–Trinajstić information content (AvgIpc) is 3.37. The Kier molecular flexibility index (Phi) is 5.80. The predicted octanol–water partition coefficient (Wildman–Crippen LogP) is 4.02. The second kappa shape index (κ2) is 8.78. The molecule has 178 valence electrons. The van der Waals surface area contributed by atoms with Crippen LogP contribution in [0.15, 0.2) is 48.5 Å². The molecule has 2 aromatic carbocycles. The van der Waals surface area contributed by atoms with Crippen molar-refractivity contribution in [2.24, 2.45) is 11.3 Å². The smallest absolute Gasteiger partial charge is 0.407 e. The molecular formula is C27H30N2O5. The van der Waals surface area contributed by atoms with E-state index in [0.29, 0.717) is 6.42 Å². The van der Waals surface area contributed by atoms with Crippen LogP contribution in [0.5, 0.6) is 0 Å². The molecule has 2 atom stereocenters. The van der Waals surface area contributed by atoms with E-state index in [1.54, 1.807) is 11.8 Å². The zero-order chi connectivity index (χ0) is 23.9. The molecule has 0 bridgehead atoms. The zero-order valence-electron chi connectivity index (χ0n) is 19.3. The fraction of sp³-hybridized carbons (Fsp3) is 0.444. The number of carbonyl (C=O) groups excluding carboxylic acids is 2. The highest BCUT2D eigenvalue weighted by Gasteiger charge is 2.47. The number of nitrogens with one attached hydrogen (secondary N) is 1. The van der Waals surface area contributed by atoms with E-state index in [1.807, 2.05) is 24.3 Å². The van der Waals surface area contributed by atoms with Gasteiger partial charge in [-0.3, -0.25) is 9.59 Å². The normalized spacial score (nSPS) is 22.4. The highest BCUT2D eigenvalue weighted by atomic mass is 16.5. The summed E-state index contributed by atoms with van der Waals surface area (Å²) in [5.41, 5.74) is 3.93.